The molecule has 21 nitrogen and oxygen atoms in total. The summed E-state index contributed by atoms with van der Waals surface area (Å²) in [6, 6.07) is 50.4. The fourth-order valence-electron chi connectivity index (χ4n) is 12.5. The van der Waals surface area contributed by atoms with E-state index in [-0.39, 0.29) is 91.0 Å². The average molecular weight is 1380 g/mol. The van der Waals surface area contributed by atoms with Gasteiger partial charge in [-0.05, 0) is 91.4 Å². The van der Waals surface area contributed by atoms with Gasteiger partial charge in [-0.15, -0.1) is 0 Å². The molecule has 6 fully saturated rings. The summed E-state index contributed by atoms with van der Waals surface area (Å²) in [5, 5.41) is 11.6. The molecule has 23 heteroatoms. The largest absolute Gasteiger partial charge is 1.00 e. The molecule has 6 saturated heterocycles. The van der Waals surface area contributed by atoms with Crippen molar-refractivity contribution in [3.05, 3.63) is 209 Å². The Labute approximate surface area is 604 Å². The smallest absolute Gasteiger partial charge is 0.612 e. The minimum absolute atomic E-state index is 0. The molecule has 0 saturated carbocycles. The molecular weight excluding hydrogens is 1280 g/mol. The second-order valence-corrected chi connectivity index (χ2v) is 32.1. The fraction of sp³-hybridized carbons (Fsp3) is 0.455. The van der Waals surface area contributed by atoms with Gasteiger partial charge in [0.05, 0.1) is 51.4 Å². The number of carbonyl (C=O) groups excluding carboxylic acids is 7. The second kappa shape index (κ2) is 42.8. The number of allylic oxidation sites excluding steroid dienone is 2. The number of carbonyl (C=O) groups is 8. The number of nitrogens with zero attached hydrogens (tertiary/aromatic N) is 7. The minimum Gasteiger partial charge on any atom is -0.612 e. The van der Waals surface area contributed by atoms with E-state index in [1.165, 1.54) is 55.3 Å². The molecule has 11 rings (SSSR count). The molecule has 0 bridgehead atoms. The number of aliphatic carboxylic acids is 1. The molecule has 0 spiro atoms. The molecule has 5 aromatic rings. The van der Waals surface area contributed by atoms with E-state index in [0.717, 1.165) is 70.4 Å². The molecule has 7 amide bonds. The standard InChI is InChI=1S/2C18H24N2O3.C14H15NO3.C13H23NOSi.C10H11NO2.C4H6O2.Li/c2*1-3-15-12-23-18(22)20(15)17(21)16-11-19(9-13(16)2)10-14-7-5-4-6-8-14;1-2-6-13(16)15-12(10-18-14(15)17)9-11-7-4-3-5-8-11;1-15-11-14(12-16(2,3)4)10-13-8-6-5-7-9-13;12-10-11-9(7-13-10)6-8-4-2-1-3-5-8;1-2-3-4(5)6;/h2*4-8,13,15-16H,3,9-12H2,1-2H3;2-8,12H,9-10H2,1H3;5-9H,10-12H2,1-4H3;1-5,9H,6-7H2,(H,11,12);2-3H,1H3,(H,5,6);/q;;;;;;+1/p-1/b;;6-2+;;;3-2+;/t13-,15+,16-;13-,15-,16-;12-;;9-;;/m100.0../s1. The summed E-state index contributed by atoms with van der Waals surface area (Å²) in [7, 11) is 0.701. The summed E-state index contributed by atoms with van der Waals surface area (Å²) in [5.74, 6) is -1.10. The topological polar surface area (TPSA) is 236 Å². The number of benzene rings is 5. The number of hydrogen-bond acceptors (Lipinski definition) is 16. The number of rotatable bonds is 20. The van der Waals surface area contributed by atoms with Gasteiger partial charge in [-0.2, -0.15) is 0 Å². The molecule has 8 atom stereocenters. The maximum absolute atomic E-state index is 12.8. The molecule has 0 aliphatic carbocycles. The molecular formula is C77H102LiN7O14Si. The summed E-state index contributed by atoms with van der Waals surface area (Å²) in [6.07, 6.45) is 7.68. The molecule has 6 heterocycles. The summed E-state index contributed by atoms with van der Waals surface area (Å²) < 4.78 is 25.1. The van der Waals surface area contributed by atoms with Crippen molar-refractivity contribution in [3.8, 4) is 0 Å². The van der Waals surface area contributed by atoms with E-state index >= 15 is 0 Å². The van der Waals surface area contributed by atoms with Gasteiger partial charge in [0.2, 0.25) is 17.9 Å². The Morgan fingerprint density at radius 3 is 1.29 bits per heavy atom. The van der Waals surface area contributed by atoms with Crippen LogP contribution in [0.4, 0.5) is 19.2 Å². The van der Waals surface area contributed by atoms with Crippen molar-refractivity contribution in [1.82, 2.24) is 29.4 Å². The molecule has 100 heavy (non-hydrogen) atoms. The first-order chi connectivity index (χ1) is 47.5. The SMILES string of the molecule is C/C=C/C(=O)N1C(=O)OC[C@@H]1Cc1ccccc1.C/C=C/C(=O)O.CC[C@H]1COC(=O)N1C(=O)[C@@H]1CN(Cc2ccccc2)C[C@H]1C.CC[C@H]1COC(=O)N1C(=O)[C@H]1CN(Cc2ccccc2)C[C@@H]1C.COCN(Cc1ccccc1)C[Si](C)(C)C.O=C1[N-][C@@H](Cc2ccccc2)CO1.[Li+]. The normalized spacial score (nSPS) is 21.6. The maximum Gasteiger partial charge on any atom is 1.00 e. The van der Waals surface area contributed by atoms with Gasteiger partial charge in [0.1, 0.15) is 19.8 Å². The summed E-state index contributed by atoms with van der Waals surface area (Å²) >= 11 is 0. The van der Waals surface area contributed by atoms with Gasteiger partial charge in [-0.3, -0.25) is 33.9 Å². The third-order valence-electron chi connectivity index (χ3n) is 17.2. The molecule has 534 valence electrons. The van der Waals surface area contributed by atoms with Crippen LogP contribution >= 0.6 is 0 Å². The van der Waals surface area contributed by atoms with E-state index in [1.807, 2.05) is 111 Å². The van der Waals surface area contributed by atoms with Crippen molar-refractivity contribution in [2.75, 3.05) is 72.6 Å². The van der Waals surface area contributed by atoms with Crippen LogP contribution in [-0.4, -0.2) is 187 Å². The monoisotopic (exact) mass is 1380 g/mol. The number of ether oxygens (including phenoxy) is 5. The average Bonchev–Trinajstić information content (AvgIpc) is 1.67. The zero-order chi connectivity index (χ0) is 71.9. The van der Waals surface area contributed by atoms with E-state index in [9.17, 15) is 38.4 Å². The number of methoxy groups -OCH3 is 1. The van der Waals surface area contributed by atoms with E-state index in [2.05, 4.69) is 108 Å². The fourth-order valence-corrected chi connectivity index (χ4v) is 14.0. The summed E-state index contributed by atoms with van der Waals surface area (Å²) in [5.41, 5.74) is 6.13. The summed E-state index contributed by atoms with van der Waals surface area (Å²) in [6.45, 7) is 26.6. The Bertz CT molecular complexity index is 3290. The Morgan fingerprint density at radius 2 is 0.930 bits per heavy atom. The van der Waals surface area contributed by atoms with E-state index in [0.29, 0.717) is 39.3 Å². The number of imide groups is 3. The number of hydrogen-bond donors (Lipinski definition) is 1. The quantitative estimate of drug-likeness (QED) is 0.0330. The van der Waals surface area contributed by atoms with Crippen molar-refractivity contribution >= 4 is 56.1 Å². The van der Waals surface area contributed by atoms with Gasteiger partial charge in [-0.25, -0.2) is 33.9 Å². The van der Waals surface area contributed by atoms with Gasteiger partial charge < -0.3 is 34.1 Å². The van der Waals surface area contributed by atoms with Gasteiger partial charge in [0.25, 0.3) is 5.91 Å². The van der Waals surface area contributed by atoms with Crippen LogP contribution in [0.1, 0.15) is 82.2 Å². The molecule has 1 N–H and O–H groups in total. The van der Waals surface area contributed by atoms with E-state index in [1.54, 1.807) is 27.0 Å². The Hall–Kier alpha value is -8.21. The number of amides is 7. The molecule has 6 aliphatic heterocycles. The van der Waals surface area contributed by atoms with Gasteiger partial charge >= 0.3 is 43.1 Å². The van der Waals surface area contributed by atoms with Crippen LogP contribution in [-0.2, 0) is 75.3 Å². The second-order valence-electron chi connectivity index (χ2n) is 26.7. The first kappa shape index (κ1) is 82.5. The predicted octanol–water partition coefficient (Wildman–Crippen LogP) is 9.92. The zero-order valence-electron chi connectivity index (χ0n) is 60.3. The van der Waals surface area contributed by atoms with Crippen LogP contribution in [0.3, 0.4) is 0 Å². The van der Waals surface area contributed by atoms with Gasteiger partial charge in [0, 0.05) is 59.0 Å². The third kappa shape index (κ3) is 27.0. The van der Waals surface area contributed by atoms with E-state index < -0.39 is 38.4 Å². The van der Waals surface area contributed by atoms with Crippen molar-refractivity contribution in [1.29, 1.82) is 0 Å². The van der Waals surface area contributed by atoms with Crippen molar-refractivity contribution in [3.63, 3.8) is 0 Å². The molecule has 0 aromatic heterocycles. The molecule has 5 aromatic carbocycles. The Balaban J connectivity index is 0.000000223. The van der Waals surface area contributed by atoms with Crippen LogP contribution in [0.2, 0.25) is 19.6 Å². The number of carboxylic acids is 1. The van der Waals surface area contributed by atoms with Crippen LogP contribution in [0.15, 0.2) is 176 Å². The number of cyclic esters (lactones) is 4. The van der Waals surface area contributed by atoms with Crippen molar-refractivity contribution < 1.29 is 86.0 Å². The van der Waals surface area contributed by atoms with E-state index in [4.69, 9.17) is 28.8 Å². The minimum atomic E-state index is -1.07. The van der Waals surface area contributed by atoms with Gasteiger partial charge in [0.15, 0.2) is 0 Å². The predicted molar refractivity (Wildman–Crippen MR) is 383 cm³/mol. The molecule has 0 unspecified atom stereocenters. The van der Waals surface area contributed by atoms with Crippen LogP contribution in [0.25, 0.3) is 5.32 Å². The molecule has 6 aliphatic rings. The first-order valence-corrected chi connectivity index (χ1v) is 38.0. The van der Waals surface area contributed by atoms with Crippen LogP contribution < -0.4 is 18.9 Å². The third-order valence-corrected chi connectivity index (χ3v) is 18.6. The first-order valence-electron chi connectivity index (χ1n) is 34.3. The van der Waals surface area contributed by atoms with Crippen molar-refractivity contribution in [2.24, 2.45) is 23.7 Å². The van der Waals surface area contributed by atoms with Gasteiger partial charge in [-0.1, -0.05) is 217 Å². The Kier molecular flexibility index (Phi) is 35.3. The molecule has 0 radical (unpaired) electrons. The van der Waals surface area contributed by atoms with Crippen LogP contribution in [0, 0.1) is 23.7 Å². The maximum atomic E-state index is 12.8. The summed E-state index contributed by atoms with van der Waals surface area (Å²) in [4.78, 5) is 104. The number of likely N-dealkylation sites (tertiary alicyclic amines) is 2. The Morgan fingerprint density at radius 1 is 0.540 bits per heavy atom. The number of carboxylic acid groups (broad SMARTS) is 1. The van der Waals surface area contributed by atoms with Crippen molar-refractivity contribution in [2.45, 2.75) is 131 Å². The van der Waals surface area contributed by atoms with Crippen LogP contribution in [0.5, 0.6) is 0 Å². The zero-order valence-corrected chi connectivity index (χ0v) is 61.3.